The Labute approximate surface area is 91.4 Å². The maximum absolute atomic E-state index is 6.07. The fraction of sp³-hybridized carbons (Fsp3) is 0.538. The Kier molecular flexibility index (Phi) is 2.47. The number of rotatable bonds is 3. The quantitative estimate of drug-likeness (QED) is 0.823. The summed E-state index contributed by atoms with van der Waals surface area (Å²) in [5.74, 6) is 1.71. The molecule has 1 aromatic rings. The maximum Gasteiger partial charge on any atom is 0.122 e. The van der Waals surface area contributed by atoms with Gasteiger partial charge in [-0.1, -0.05) is 12.1 Å². The van der Waals surface area contributed by atoms with Gasteiger partial charge in [-0.2, -0.15) is 0 Å². The summed E-state index contributed by atoms with van der Waals surface area (Å²) in [6.45, 7) is 4.02. The van der Waals surface area contributed by atoms with Crippen molar-refractivity contribution in [2.75, 3.05) is 7.11 Å². The van der Waals surface area contributed by atoms with Gasteiger partial charge in [0.05, 0.1) is 7.11 Å². The summed E-state index contributed by atoms with van der Waals surface area (Å²) in [6.07, 6.45) is 2.59. The highest BCUT2D eigenvalue weighted by Gasteiger charge is 2.27. The Balaban J connectivity index is 2.38. The topological polar surface area (TPSA) is 35.2 Å². The second kappa shape index (κ2) is 3.53. The smallest absolute Gasteiger partial charge is 0.122 e. The van der Waals surface area contributed by atoms with Gasteiger partial charge >= 0.3 is 0 Å². The van der Waals surface area contributed by atoms with Crippen LogP contribution in [0.4, 0.5) is 0 Å². The summed E-state index contributed by atoms with van der Waals surface area (Å²) in [5.41, 5.74) is 8.24. The van der Waals surface area contributed by atoms with Crippen molar-refractivity contribution in [3.05, 3.63) is 29.3 Å². The first-order valence-corrected chi connectivity index (χ1v) is 5.49. The Hall–Kier alpha value is -1.02. The highest BCUT2D eigenvalue weighted by Crippen LogP contribution is 2.44. The molecule has 0 radical (unpaired) electrons. The molecular weight excluding hydrogens is 186 g/mol. The Morgan fingerprint density at radius 1 is 1.33 bits per heavy atom. The molecule has 0 unspecified atom stereocenters. The number of nitrogens with two attached hydrogens (primary N) is 1. The first kappa shape index (κ1) is 10.5. The second-order valence-corrected chi connectivity index (χ2v) is 4.95. The average Bonchev–Trinajstić information content (AvgIpc) is 2.98. The standard InChI is InChI=1S/C13H19NO/c1-13(2,14)10-6-7-11(9-4-5-9)12(8-10)15-3/h6-9H,4-5,14H2,1-3H3. The van der Waals surface area contributed by atoms with Crippen LogP contribution in [0.1, 0.15) is 43.7 Å². The van der Waals surface area contributed by atoms with Crippen LogP contribution in [0.5, 0.6) is 5.75 Å². The van der Waals surface area contributed by atoms with E-state index in [9.17, 15) is 0 Å². The molecule has 2 heteroatoms. The van der Waals surface area contributed by atoms with Crippen molar-refractivity contribution in [3.63, 3.8) is 0 Å². The van der Waals surface area contributed by atoms with Gasteiger partial charge in [-0.15, -0.1) is 0 Å². The molecule has 2 N–H and O–H groups in total. The molecule has 82 valence electrons. The molecule has 0 aromatic heterocycles. The van der Waals surface area contributed by atoms with Gasteiger partial charge < -0.3 is 10.5 Å². The van der Waals surface area contributed by atoms with Gasteiger partial charge in [0, 0.05) is 5.54 Å². The fourth-order valence-corrected chi connectivity index (χ4v) is 1.84. The lowest BCUT2D eigenvalue weighted by molar-refractivity contribution is 0.407. The van der Waals surface area contributed by atoms with Crippen LogP contribution in [-0.2, 0) is 5.54 Å². The number of hydrogen-bond donors (Lipinski definition) is 1. The van der Waals surface area contributed by atoms with Crippen molar-refractivity contribution in [1.82, 2.24) is 0 Å². The molecule has 1 aliphatic rings. The van der Waals surface area contributed by atoms with Gasteiger partial charge in [-0.05, 0) is 49.8 Å². The Morgan fingerprint density at radius 3 is 2.47 bits per heavy atom. The lowest BCUT2D eigenvalue weighted by Gasteiger charge is -2.21. The average molecular weight is 205 g/mol. The number of methoxy groups -OCH3 is 1. The van der Waals surface area contributed by atoms with Crippen LogP contribution in [0.15, 0.2) is 18.2 Å². The van der Waals surface area contributed by atoms with Crippen LogP contribution in [0.2, 0.25) is 0 Å². The lowest BCUT2D eigenvalue weighted by atomic mass is 9.93. The molecule has 0 amide bonds. The molecule has 2 nitrogen and oxygen atoms in total. The van der Waals surface area contributed by atoms with Crippen LogP contribution in [0.25, 0.3) is 0 Å². The van der Waals surface area contributed by atoms with Crippen LogP contribution >= 0.6 is 0 Å². The first-order chi connectivity index (χ1) is 7.02. The highest BCUT2D eigenvalue weighted by molar-refractivity contribution is 5.43. The minimum absolute atomic E-state index is 0.296. The summed E-state index contributed by atoms with van der Waals surface area (Å²) >= 11 is 0. The molecule has 2 rings (SSSR count). The van der Waals surface area contributed by atoms with Gasteiger partial charge in [0.1, 0.15) is 5.75 Å². The van der Waals surface area contributed by atoms with Crippen molar-refractivity contribution in [2.24, 2.45) is 5.73 Å². The zero-order valence-electron chi connectivity index (χ0n) is 9.71. The zero-order chi connectivity index (χ0) is 11.1. The van der Waals surface area contributed by atoms with Crippen LogP contribution in [0.3, 0.4) is 0 Å². The molecule has 0 bridgehead atoms. The molecular formula is C13H19NO. The van der Waals surface area contributed by atoms with Crippen LogP contribution in [0, 0.1) is 0 Å². The summed E-state index contributed by atoms with van der Waals surface area (Å²) in [4.78, 5) is 0. The first-order valence-electron chi connectivity index (χ1n) is 5.49. The lowest BCUT2D eigenvalue weighted by Crippen LogP contribution is -2.28. The normalized spacial score (nSPS) is 16.5. The molecule has 1 aliphatic carbocycles. The van der Waals surface area contributed by atoms with Crippen molar-refractivity contribution in [2.45, 2.75) is 38.1 Å². The van der Waals surface area contributed by atoms with E-state index < -0.39 is 0 Å². The van der Waals surface area contributed by atoms with E-state index in [0.717, 1.165) is 17.2 Å². The van der Waals surface area contributed by atoms with Gasteiger partial charge in [-0.25, -0.2) is 0 Å². The molecule has 1 fully saturated rings. The van der Waals surface area contributed by atoms with Crippen molar-refractivity contribution in [1.29, 1.82) is 0 Å². The third-order valence-corrected chi connectivity index (χ3v) is 2.99. The molecule has 0 spiro atoms. The largest absolute Gasteiger partial charge is 0.496 e. The number of benzene rings is 1. The zero-order valence-corrected chi connectivity index (χ0v) is 9.71. The fourth-order valence-electron chi connectivity index (χ4n) is 1.84. The minimum atomic E-state index is -0.296. The molecule has 0 saturated heterocycles. The third-order valence-electron chi connectivity index (χ3n) is 2.99. The monoisotopic (exact) mass is 205 g/mol. The predicted molar refractivity (Wildman–Crippen MR) is 62.2 cm³/mol. The Morgan fingerprint density at radius 2 is 2.00 bits per heavy atom. The van der Waals surface area contributed by atoms with E-state index in [2.05, 4.69) is 18.2 Å². The van der Waals surface area contributed by atoms with Gasteiger partial charge in [0.2, 0.25) is 0 Å². The van der Waals surface area contributed by atoms with Crippen molar-refractivity contribution >= 4 is 0 Å². The number of hydrogen-bond acceptors (Lipinski definition) is 2. The van der Waals surface area contributed by atoms with Crippen LogP contribution < -0.4 is 10.5 Å². The summed E-state index contributed by atoms with van der Waals surface area (Å²) in [5, 5.41) is 0. The highest BCUT2D eigenvalue weighted by atomic mass is 16.5. The molecule has 0 heterocycles. The SMILES string of the molecule is COc1cc(C(C)(C)N)ccc1C1CC1. The molecule has 0 aliphatic heterocycles. The van der Waals surface area contributed by atoms with Crippen molar-refractivity contribution in [3.8, 4) is 5.75 Å². The summed E-state index contributed by atoms with van der Waals surface area (Å²) in [7, 11) is 1.73. The van der Waals surface area contributed by atoms with E-state index >= 15 is 0 Å². The van der Waals surface area contributed by atoms with E-state index in [0.29, 0.717) is 0 Å². The molecule has 1 saturated carbocycles. The van der Waals surface area contributed by atoms with E-state index in [4.69, 9.17) is 10.5 Å². The number of ether oxygens (including phenoxy) is 1. The van der Waals surface area contributed by atoms with E-state index in [1.54, 1.807) is 7.11 Å². The van der Waals surface area contributed by atoms with Gasteiger partial charge in [0.25, 0.3) is 0 Å². The molecule has 0 atom stereocenters. The molecule has 15 heavy (non-hydrogen) atoms. The molecule has 1 aromatic carbocycles. The summed E-state index contributed by atoms with van der Waals surface area (Å²) in [6, 6.07) is 6.37. The van der Waals surface area contributed by atoms with Gasteiger partial charge in [-0.3, -0.25) is 0 Å². The maximum atomic E-state index is 6.07. The predicted octanol–water partition coefficient (Wildman–Crippen LogP) is 2.77. The van der Waals surface area contributed by atoms with E-state index in [1.807, 2.05) is 13.8 Å². The third kappa shape index (κ3) is 2.15. The van der Waals surface area contributed by atoms with Gasteiger partial charge in [0.15, 0.2) is 0 Å². The van der Waals surface area contributed by atoms with E-state index in [-0.39, 0.29) is 5.54 Å². The Bertz CT molecular complexity index is 361. The van der Waals surface area contributed by atoms with Crippen LogP contribution in [-0.4, -0.2) is 7.11 Å². The minimum Gasteiger partial charge on any atom is -0.496 e. The van der Waals surface area contributed by atoms with E-state index in [1.165, 1.54) is 18.4 Å². The second-order valence-electron chi connectivity index (χ2n) is 4.95. The summed E-state index contributed by atoms with van der Waals surface area (Å²) < 4.78 is 5.43. The van der Waals surface area contributed by atoms with Crippen molar-refractivity contribution < 1.29 is 4.74 Å².